The average Bonchev–Trinajstić information content (AvgIpc) is 3.00. The molecule has 0 atom stereocenters. The van der Waals surface area contributed by atoms with Gasteiger partial charge in [-0.1, -0.05) is 12.1 Å². The molecule has 0 N–H and O–H groups in total. The summed E-state index contributed by atoms with van der Waals surface area (Å²) < 4.78 is 31.4. The maximum atomic E-state index is 9.11. The van der Waals surface area contributed by atoms with E-state index in [1.165, 1.54) is 0 Å². The minimum atomic E-state index is -2.20. The van der Waals surface area contributed by atoms with Gasteiger partial charge in [0.1, 0.15) is 18.8 Å². The summed E-state index contributed by atoms with van der Waals surface area (Å²) in [5.41, 5.74) is 4.99. The first-order valence-corrected chi connectivity index (χ1v) is 7.95. The summed E-state index contributed by atoms with van der Waals surface area (Å²) in [4.78, 5) is 4.27. The predicted molar refractivity (Wildman–Crippen MR) is 97.1 cm³/mol. The van der Waals surface area contributed by atoms with Crippen molar-refractivity contribution in [1.29, 1.82) is 5.26 Å². The monoisotopic (exact) mass is 331 g/mol. The van der Waals surface area contributed by atoms with Gasteiger partial charge in [0.25, 0.3) is 0 Å². The van der Waals surface area contributed by atoms with Gasteiger partial charge >= 0.3 is 0 Å². The van der Waals surface area contributed by atoms with Crippen molar-refractivity contribution in [2.45, 2.75) is 20.7 Å². The number of benzene rings is 1. The SMILES string of the molecule is [2H]C([2H])([2H])c1cc(C)[n+](C)c(-c2c(C)ccc3c2oc2nc(C#N)ccc23)c1. The van der Waals surface area contributed by atoms with Gasteiger partial charge in [-0.2, -0.15) is 9.83 Å². The number of rotatable bonds is 1. The van der Waals surface area contributed by atoms with Crippen molar-refractivity contribution in [3.63, 3.8) is 0 Å². The molecule has 0 saturated carbocycles. The van der Waals surface area contributed by atoms with Gasteiger partial charge in [0.15, 0.2) is 11.3 Å². The number of furan rings is 1. The Kier molecular flexibility index (Phi) is 2.65. The molecule has 1 aromatic carbocycles. The number of aromatic nitrogens is 2. The summed E-state index contributed by atoms with van der Waals surface area (Å²) in [6.45, 7) is 1.65. The fourth-order valence-electron chi connectivity index (χ4n) is 3.24. The van der Waals surface area contributed by atoms with E-state index >= 15 is 0 Å². The maximum absolute atomic E-state index is 9.11. The number of hydrogen-bond donors (Lipinski definition) is 0. The van der Waals surface area contributed by atoms with Crippen LogP contribution in [0.15, 0.2) is 40.8 Å². The summed E-state index contributed by atoms with van der Waals surface area (Å²) >= 11 is 0. The number of aryl methyl sites for hydroxylation is 3. The van der Waals surface area contributed by atoms with Gasteiger partial charge in [0.2, 0.25) is 11.4 Å². The van der Waals surface area contributed by atoms with Gasteiger partial charge in [-0.05, 0) is 37.0 Å². The lowest BCUT2D eigenvalue weighted by Crippen LogP contribution is -2.35. The summed E-state index contributed by atoms with van der Waals surface area (Å²) in [6.07, 6.45) is 0. The van der Waals surface area contributed by atoms with E-state index in [2.05, 4.69) is 4.98 Å². The fraction of sp³-hybridized carbons (Fsp3) is 0.190. The van der Waals surface area contributed by atoms with Crippen LogP contribution in [0, 0.1) is 32.0 Å². The minimum absolute atomic E-state index is 0.288. The second kappa shape index (κ2) is 5.42. The van der Waals surface area contributed by atoms with Crippen LogP contribution < -0.4 is 4.57 Å². The van der Waals surface area contributed by atoms with E-state index in [4.69, 9.17) is 13.8 Å². The number of nitriles is 1. The third-order valence-electron chi connectivity index (χ3n) is 4.63. The zero-order chi connectivity index (χ0) is 20.2. The van der Waals surface area contributed by atoms with E-state index < -0.39 is 6.85 Å². The molecule has 0 aliphatic heterocycles. The normalized spacial score (nSPS) is 13.4. The zero-order valence-corrected chi connectivity index (χ0v) is 14.2. The van der Waals surface area contributed by atoms with E-state index in [1.807, 2.05) is 49.7 Å². The lowest BCUT2D eigenvalue weighted by molar-refractivity contribution is -0.666. The maximum Gasteiger partial charge on any atom is 0.228 e. The largest absolute Gasteiger partial charge is 0.437 e. The van der Waals surface area contributed by atoms with E-state index in [0.717, 1.165) is 33.3 Å². The number of pyridine rings is 2. The van der Waals surface area contributed by atoms with E-state index in [-0.39, 0.29) is 11.3 Å². The molecular weight excluding hydrogens is 310 g/mol. The molecule has 4 rings (SSSR count). The molecule has 3 aromatic heterocycles. The lowest BCUT2D eigenvalue weighted by Gasteiger charge is -2.08. The second-order valence-corrected chi connectivity index (χ2v) is 6.23. The molecule has 0 fully saturated rings. The van der Waals surface area contributed by atoms with Gasteiger partial charge in [0.05, 0.1) is 5.56 Å². The Morgan fingerprint density at radius 3 is 2.72 bits per heavy atom. The molecule has 3 heterocycles. The molecule has 4 nitrogen and oxygen atoms in total. The van der Waals surface area contributed by atoms with Gasteiger partial charge in [-0.3, -0.25) is 0 Å². The highest BCUT2D eigenvalue weighted by Crippen LogP contribution is 2.36. The third-order valence-corrected chi connectivity index (χ3v) is 4.63. The molecule has 0 saturated heterocycles. The van der Waals surface area contributed by atoms with Crippen molar-refractivity contribution in [3.05, 3.63) is 58.9 Å². The highest BCUT2D eigenvalue weighted by Gasteiger charge is 2.22. The Balaban J connectivity index is 2.11. The van der Waals surface area contributed by atoms with Crippen molar-refractivity contribution < 1.29 is 13.1 Å². The van der Waals surface area contributed by atoms with Crippen molar-refractivity contribution in [3.8, 4) is 17.3 Å². The van der Waals surface area contributed by atoms with Crippen molar-refractivity contribution in [2.24, 2.45) is 7.05 Å². The molecule has 0 spiro atoms. The molecule has 4 heteroatoms. The minimum Gasteiger partial charge on any atom is -0.437 e. The van der Waals surface area contributed by atoms with E-state index in [0.29, 0.717) is 11.3 Å². The predicted octanol–water partition coefficient (Wildman–Crippen LogP) is 4.27. The van der Waals surface area contributed by atoms with Crippen molar-refractivity contribution >= 4 is 22.1 Å². The standard InChI is InChI=1S/C21H18N3O/c1-12-9-14(3)24(4)18(10-12)19-13(2)5-7-16-17-8-6-15(11-22)23-21(17)25-20(16)19/h5-10H,1-4H3/q+1/i1D3. The van der Waals surface area contributed by atoms with Gasteiger partial charge < -0.3 is 4.42 Å². The Hall–Kier alpha value is -3.19. The molecule has 122 valence electrons. The molecule has 4 aromatic rings. The Morgan fingerprint density at radius 1 is 1.16 bits per heavy atom. The van der Waals surface area contributed by atoms with Crippen LogP contribution in [0.3, 0.4) is 0 Å². The van der Waals surface area contributed by atoms with Gasteiger partial charge in [0, 0.05) is 33.9 Å². The van der Waals surface area contributed by atoms with E-state index in [1.54, 1.807) is 18.2 Å². The van der Waals surface area contributed by atoms with Crippen LogP contribution in [-0.4, -0.2) is 4.98 Å². The summed E-state index contributed by atoms with van der Waals surface area (Å²) in [5.74, 6) is 0. The number of fused-ring (bicyclic) bond motifs is 3. The first-order chi connectivity index (χ1) is 13.2. The fourth-order valence-corrected chi connectivity index (χ4v) is 3.24. The van der Waals surface area contributed by atoms with Crippen LogP contribution >= 0.6 is 0 Å². The van der Waals surface area contributed by atoms with Crippen molar-refractivity contribution in [1.82, 2.24) is 4.98 Å². The quantitative estimate of drug-likeness (QED) is 0.489. The van der Waals surface area contributed by atoms with Crippen LogP contribution in [0.4, 0.5) is 0 Å². The number of nitrogens with zero attached hydrogens (tertiary/aromatic N) is 3. The van der Waals surface area contributed by atoms with Crippen LogP contribution in [0.5, 0.6) is 0 Å². The van der Waals surface area contributed by atoms with Crippen LogP contribution in [0.2, 0.25) is 0 Å². The second-order valence-electron chi connectivity index (χ2n) is 6.23. The van der Waals surface area contributed by atoms with Crippen LogP contribution in [-0.2, 0) is 7.05 Å². The first kappa shape index (κ1) is 12.2. The molecule has 0 radical (unpaired) electrons. The van der Waals surface area contributed by atoms with Crippen LogP contribution in [0.1, 0.15) is 26.6 Å². The van der Waals surface area contributed by atoms with Gasteiger partial charge in [-0.15, -0.1) is 0 Å². The number of hydrogen-bond acceptors (Lipinski definition) is 3. The highest BCUT2D eigenvalue weighted by atomic mass is 16.3. The molecule has 0 bridgehead atoms. The molecule has 25 heavy (non-hydrogen) atoms. The summed E-state index contributed by atoms with van der Waals surface area (Å²) in [6, 6.07) is 12.9. The van der Waals surface area contributed by atoms with Gasteiger partial charge in [-0.25, -0.2) is 4.98 Å². The Labute approximate surface area is 150 Å². The topological polar surface area (TPSA) is 53.7 Å². The molecule has 0 amide bonds. The highest BCUT2D eigenvalue weighted by molar-refractivity contribution is 6.08. The zero-order valence-electron chi connectivity index (χ0n) is 17.2. The lowest BCUT2D eigenvalue weighted by atomic mass is 9.99. The van der Waals surface area contributed by atoms with Crippen molar-refractivity contribution in [2.75, 3.05) is 0 Å². The Bertz CT molecular complexity index is 1300. The molecule has 0 aliphatic rings. The molecular formula is C21H18N3O+. The average molecular weight is 331 g/mol. The van der Waals surface area contributed by atoms with E-state index in [9.17, 15) is 0 Å². The smallest absolute Gasteiger partial charge is 0.228 e. The molecule has 0 unspecified atom stereocenters. The van der Waals surface area contributed by atoms with Crippen LogP contribution in [0.25, 0.3) is 33.3 Å². The summed E-state index contributed by atoms with van der Waals surface area (Å²) in [5, 5.41) is 10.8. The summed E-state index contributed by atoms with van der Waals surface area (Å²) in [7, 11) is 1.90. The Morgan fingerprint density at radius 2 is 1.96 bits per heavy atom. The first-order valence-electron chi connectivity index (χ1n) is 9.45. The molecule has 0 aliphatic carbocycles. The third kappa shape index (κ3) is 2.28.